The van der Waals surface area contributed by atoms with Crippen molar-refractivity contribution in [3.8, 4) is 11.1 Å². The minimum absolute atomic E-state index is 0.379. The lowest BCUT2D eigenvalue weighted by molar-refractivity contribution is 0.260. The van der Waals surface area contributed by atoms with Crippen molar-refractivity contribution in [3.63, 3.8) is 0 Å². The van der Waals surface area contributed by atoms with Crippen LogP contribution in [0.25, 0.3) is 11.1 Å². The van der Waals surface area contributed by atoms with E-state index in [1.54, 1.807) is 0 Å². The van der Waals surface area contributed by atoms with Crippen LogP contribution >= 0.6 is 0 Å². The summed E-state index contributed by atoms with van der Waals surface area (Å²) in [7, 11) is 2.03. The molecular weight excluding hydrogens is 400 g/mol. The zero-order valence-electron chi connectivity index (χ0n) is 19.5. The number of likely N-dealkylation sites (N-methyl/N-ethyl adjacent to an activating group) is 1. The Morgan fingerprint density at radius 3 is 1.79 bits per heavy atom. The van der Waals surface area contributed by atoms with E-state index in [0.29, 0.717) is 5.92 Å². The number of benzene rings is 4. The number of nitrogens with zero attached hydrogens (tertiary/aromatic N) is 1. The third-order valence-corrected chi connectivity index (χ3v) is 6.28. The highest BCUT2D eigenvalue weighted by atomic mass is 15.1. The van der Waals surface area contributed by atoms with Gasteiger partial charge in [-0.25, -0.2) is 0 Å². The van der Waals surface area contributed by atoms with E-state index < -0.39 is 0 Å². The van der Waals surface area contributed by atoms with Gasteiger partial charge in [-0.15, -0.1) is 0 Å². The molecule has 0 radical (unpaired) electrons. The quantitative estimate of drug-likeness (QED) is 0.286. The van der Waals surface area contributed by atoms with Crippen molar-refractivity contribution in [1.82, 2.24) is 10.2 Å². The van der Waals surface area contributed by atoms with E-state index in [1.807, 2.05) is 7.05 Å². The monoisotopic (exact) mass is 434 g/mol. The molecule has 4 aromatic rings. The third kappa shape index (κ3) is 6.64. The Bertz CT molecular complexity index is 1060. The van der Waals surface area contributed by atoms with E-state index in [1.165, 1.54) is 27.8 Å². The zero-order chi connectivity index (χ0) is 22.7. The van der Waals surface area contributed by atoms with Crippen molar-refractivity contribution in [2.75, 3.05) is 26.7 Å². The van der Waals surface area contributed by atoms with E-state index in [0.717, 1.165) is 32.6 Å². The summed E-state index contributed by atoms with van der Waals surface area (Å²) in [5, 5.41) is 3.32. The Balaban J connectivity index is 1.53. The van der Waals surface area contributed by atoms with Crippen molar-refractivity contribution in [1.29, 1.82) is 0 Å². The van der Waals surface area contributed by atoms with Gasteiger partial charge < -0.3 is 5.32 Å². The van der Waals surface area contributed by atoms with E-state index in [-0.39, 0.29) is 0 Å². The van der Waals surface area contributed by atoms with Crippen molar-refractivity contribution in [2.45, 2.75) is 18.9 Å². The number of hydrogen-bond acceptors (Lipinski definition) is 2. The van der Waals surface area contributed by atoms with Gasteiger partial charge in [0.05, 0.1) is 0 Å². The molecule has 0 aromatic heterocycles. The van der Waals surface area contributed by atoms with Crippen LogP contribution in [0.1, 0.15) is 29.0 Å². The van der Waals surface area contributed by atoms with Gasteiger partial charge in [0.2, 0.25) is 0 Å². The normalized spacial score (nSPS) is 12.1. The predicted octanol–water partition coefficient (Wildman–Crippen LogP) is 6.60. The number of rotatable bonds is 11. The van der Waals surface area contributed by atoms with Crippen LogP contribution in [0, 0.1) is 0 Å². The maximum Gasteiger partial charge on any atom is 0.0234 e. The van der Waals surface area contributed by atoms with E-state index in [9.17, 15) is 0 Å². The molecule has 168 valence electrons. The number of nitrogens with one attached hydrogen (secondary N) is 1. The predicted molar refractivity (Wildman–Crippen MR) is 140 cm³/mol. The molecule has 0 heterocycles. The first-order chi connectivity index (χ1) is 16.3. The molecule has 2 heteroatoms. The van der Waals surface area contributed by atoms with Crippen LogP contribution in [0.15, 0.2) is 115 Å². The second-order valence-corrected chi connectivity index (χ2v) is 8.61. The van der Waals surface area contributed by atoms with Gasteiger partial charge in [-0.3, -0.25) is 4.90 Å². The summed E-state index contributed by atoms with van der Waals surface area (Å²) in [5.74, 6) is 0.379. The van der Waals surface area contributed by atoms with Crippen molar-refractivity contribution < 1.29 is 0 Å². The smallest absolute Gasteiger partial charge is 0.0234 e. The minimum Gasteiger partial charge on any atom is -0.318 e. The Morgan fingerprint density at radius 2 is 1.15 bits per heavy atom. The van der Waals surface area contributed by atoms with Gasteiger partial charge in [0.15, 0.2) is 0 Å². The Morgan fingerprint density at radius 1 is 0.606 bits per heavy atom. The topological polar surface area (TPSA) is 15.3 Å². The SMILES string of the molecule is CNCCN(CCC(c1ccccc1)c1ccc(-c2ccccc2)cc1)Cc1ccccc1. The molecule has 2 nitrogen and oxygen atoms in total. The first-order valence-electron chi connectivity index (χ1n) is 11.9. The first kappa shape index (κ1) is 23.0. The van der Waals surface area contributed by atoms with Crippen LogP contribution in [0.3, 0.4) is 0 Å². The van der Waals surface area contributed by atoms with Crippen LogP contribution in [0.2, 0.25) is 0 Å². The average molecular weight is 435 g/mol. The third-order valence-electron chi connectivity index (χ3n) is 6.28. The van der Waals surface area contributed by atoms with Crippen LogP contribution in [0.4, 0.5) is 0 Å². The standard InChI is InChI=1S/C31H34N2/c1-32-22-24-33(25-26-11-5-2-6-12-26)23-21-31(29-15-9-4-10-16-29)30-19-17-28(18-20-30)27-13-7-3-8-14-27/h2-20,31-32H,21-25H2,1H3. The van der Waals surface area contributed by atoms with Crippen LogP contribution in [-0.4, -0.2) is 31.6 Å². The molecule has 0 aliphatic carbocycles. The van der Waals surface area contributed by atoms with E-state index in [2.05, 4.69) is 125 Å². The van der Waals surface area contributed by atoms with Gasteiger partial charge in [-0.05, 0) is 47.8 Å². The molecule has 0 saturated carbocycles. The molecule has 0 aliphatic rings. The highest BCUT2D eigenvalue weighted by Crippen LogP contribution is 2.30. The molecule has 0 aliphatic heterocycles. The Hall–Kier alpha value is -3.20. The molecule has 33 heavy (non-hydrogen) atoms. The van der Waals surface area contributed by atoms with Gasteiger partial charge in [-0.1, -0.05) is 115 Å². The molecule has 4 aromatic carbocycles. The largest absolute Gasteiger partial charge is 0.318 e. The molecule has 1 N–H and O–H groups in total. The molecule has 0 bridgehead atoms. The van der Waals surface area contributed by atoms with Crippen molar-refractivity contribution >= 4 is 0 Å². The lowest BCUT2D eigenvalue weighted by Gasteiger charge is -2.26. The van der Waals surface area contributed by atoms with Gasteiger partial charge in [0.1, 0.15) is 0 Å². The fourth-order valence-electron chi connectivity index (χ4n) is 4.44. The minimum atomic E-state index is 0.379. The molecule has 0 spiro atoms. The highest BCUT2D eigenvalue weighted by Gasteiger charge is 2.16. The fraction of sp³-hybridized carbons (Fsp3) is 0.226. The lowest BCUT2D eigenvalue weighted by atomic mass is 9.87. The molecule has 1 atom stereocenters. The molecule has 1 unspecified atom stereocenters. The fourth-order valence-corrected chi connectivity index (χ4v) is 4.44. The second kappa shape index (κ2) is 12.2. The number of hydrogen-bond donors (Lipinski definition) is 1. The maximum atomic E-state index is 3.32. The van der Waals surface area contributed by atoms with Crippen molar-refractivity contribution in [3.05, 3.63) is 132 Å². The first-order valence-corrected chi connectivity index (χ1v) is 11.9. The van der Waals surface area contributed by atoms with Gasteiger partial charge in [-0.2, -0.15) is 0 Å². The molecule has 0 amide bonds. The summed E-state index contributed by atoms with van der Waals surface area (Å²) in [4.78, 5) is 2.57. The summed E-state index contributed by atoms with van der Waals surface area (Å²) >= 11 is 0. The lowest BCUT2D eigenvalue weighted by Crippen LogP contribution is -2.32. The molecule has 0 fully saturated rings. The maximum absolute atomic E-state index is 3.32. The van der Waals surface area contributed by atoms with Crippen LogP contribution in [-0.2, 0) is 6.54 Å². The Labute approximate surface area is 198 Å². The van der Waals surface area contributed by atoms with Gasteiger partial charge >= 0.3 is 0 Å². The highest BCUT2D eigenvalue weighted by molar-refractivity contribution is 5.63. The van der Waals surface area contributed by atoms with E-state index in [4.69, 9.17) is 0 Å². The molecular formula is C31H34N2. The van der Waals surface area contributed by atoms with Crippen LogP contribution in [0.5, 0.6) is 0 Å². The van der Waals surface area contributed by atoms with E-state index >= 15 is 0 Å². The van der Waals surface area contributed by atoms with Crippen LogP contribution < -0.4 is 5.32 Å². The average Bonchev–Trinajstić information content (AvgIpc) is 2.89. The van der Waals surface area contributed by atoms with Gasteiger partial charge in [0.25, 0.3) is 0 Å². The zero-order valence-corrected chi connectivity index (χ0v) is 19.5. The van der Waals surface area contributed by atoms with Crippen molar-refractivity contribution in [2.24, 2.45) is 0 Å². The molecule has 4 rings (SSSR count). The summed E-state index contributed by atoms with van der Waals surface area (Å²) in [5.41, 5.74) is 6.68. The molecule has 0 saturated heterocycles. The van der Waals surface area contributed by atoms with Gasteiger partial charge in [0, 0.05) is 25.6 Å². The summed E-state index contributed by atoms with van der Waals surface area (Å²) in [6.07, 6.45) is 1.09. The summed E-state index contributed by atoms with van der Waals surface area (Å²) < 4.78 is 0. The second-order valence-electron chi connectivity index (χ2n) is 8.61. The summed E-state index contributed by atoms with van der Waals surface area (Å²) in [6.45, 7) is 4.07. The summed E-state index contributed by atoms with van der Waals surface area (Å²) in [6, 6.07) is 41.5. The Kier molecular flexibility index (Phi) is 8.46.